The van der Waals surface area contributed by atoms with E-state index in [0.717, 1.165) is 22.2 Å². The summed E-state index contributed by atoms with van der Waals surface area (Å²) in [5.74, 6) is 0. The van der Waals surface area contributed by atoms with Gasteiger partial charge in [-0.3, -0.25) is 4.90 Å². The average Bonchev–Trinajstić information content (AvgIpc) is 2.41. The molecule has 0 aliphatic carbocycles. The summed E-state index contributed by atoms with van der Waals surface area (Å²) in [6, 6.07) is 15.9. The first-order valence-corrected chi connectivity index (χ1v) is 7.68. The number of rotatable bonds is 5. The van der Waals surface area contributed by atoms with Crippen LogP contribution >= 0.6 is 23.2 Å². The van der Waals surface area contributed by atoms with Crippen molar-refractivity contribution in [1.82, 2.24) is 4.90 Å². The Labute approximate surface area is 136 Å². The van der Waals surface area contributed by atoms with Crippen molar-refractivity contribution in [2.75, 3.05) is 7.05 Å². The van der Waals surface area contributed by atoms with E-state index in [-0.39, 0.29) is 12.1 Å². The molecular weight excluding hydrogens is 303 g/mol. The first kappa shape index (κ1) is 16.3. The van der Waals surface area contributed by atoms with E-state index in [0.29, 0.717) is 0 Å². The van der Waals surface area contributed by atoms with Crippen LogP contribution in [0.4, 0.5) is 0 Å². The summed E-state index contributed by atoms with van der Waals surface area (Å²) < 4.78 is 0. The molecule has 0 spiro atoms. The van der Waals surface area contributed by atoms with Gasteiger partial charge in [0.05, 0.1) is 0 Å². The number of hydrogen-bond acceptors (Lipinski definition) is 2. The third-order valence-electron chi connectivity index (χ3n) is 3.51. The van der Waals surface area contributed by atoms with Crippen LogP contribution in [0, 0.1) is 0 Å². The van der Waals surface area contributed by atoms with Gasteiger partial charge in [0, 0.05) is 28.7 Å². The van der Waals surface area contributed by atoms with Gasteiger partial charge in [-0.2, -0.15) is 0 Å². The molecule has 2 nitrogen and oxygen atoms in total. The van der Waals surface area contributed by atoms with E-state index in [9.17, 15) is 0 Å². The first-order chi connectivity index (χ1) is 9.97. The molecule has 0 heterocycles. The highest BCUT2D eigenvalue weighted by atomic mass is 35.5. The highest BCUT2D eigenvalue weighted by molar-refractivity contribution is 6.30. The predicted molar refractivity (Wildman–Crippen MR) is 90.8 cm³/mol. The first-order valence-electron chi connectivity index (χ1n) is 6.93. The minimum absolute atomic E-state index is 0.000710. The molecule has 0 saturated heterocycles. The Balaban J connectivity index is 2.19. The van der Waals surface area contributed by atoms with Crippen molar-refractivity contribution in [2.45, 2.75) is 25.6 Å². The standard InChI is InChI=1S/C17H20Cl2N2/c1-12(20)17(14-4-3-5-16(19)10-14)21(2)11-13-6-8-15(18)9-7-13/h3-10,12,17H,11,20H2,1-2H3. The van der Waals surface area contributed by atoms with Crippen LogP contribution in [0.25, 0.3) is 0 Å². The molecular formula is C17H20Cl2N2. The van der Waals surface area contributed by atoms with E-state index in [4.69, 9.17) is 28.9 Å². The van der Waals surface area contributed by atoms with Crippen molar-refractivity contribution in [1.29, 1.82) is 0 Å². The highest BCUT2D eigenvalue weighted by Gasteiger charge is 2.21. The molecule has 21 heavy (non-hydrogen) atoms. The monoisotopic (exact) mass is 322 g/mol. The zero-order valence-electron chi connectivity index (χ0n) is 12.3. The second kappa shape index (κ2) is 7.28. The third kappa shape index (κ3) is 4.45. The molecule has 2 aromatic rings. The minimum atomic E-state index is 0.000710. The Bertz CT molecular complexity index is 582. The van der Waals surface area contributed by atoms with Crippen molar-refractivity contribution in [3.8, 4) is 0 Å². The van der Waals surface area contributed by atoms with Gasteiger partial charge in [0.2, 0.25) is 0 Å². The van der Waals surface area contributed by atoms with Crippen LogP contribution in [0.3, 0.4) is 0 Å². The normalized spacial score (nSPS) is 14.2. The van der Waals surface area contributed by atoms with Gasteiger partial charge in [0.15, 0.2) is 0 Å². The van der Waals surface area contributed by atoms with Crippen molar-refractivity contribution < 1.29 is 0 Å². The molecule has 4 heteroatoms. The molecule has 0 bridgehead atoms. The van der Waals surface area contributed by atoms with Gasteiger partial charge in [0.1, 0.15) is 0 Å². The Morgan fingerprint density at radius 3 is 2.29 bits per heavy atom. The molecule has 0 amide bonds. The zero-order chi connectivity index (χ0) is 15.4. The minimum Gasteiger partial charge on any atom is -0.326 e. The van der Waals surface area contributed by atoms with E-state index in [1.165, 1.54) is 5.56 Å². The summed E-state index contributed by atoms with van der Waals surface area (Å²) in [6.07, 6.45) is 0. The number of halogens is 2. The summed E-state index contributed by atoms with van der Waals surface area (Å²) >= 11 is 12.0. The molecule has 0 aromatic heterocycles. The quantitative estimate of drug-likeness (QED) is 0.877. The van der Waals surface area contributed by atoms with Gasteiger partial charge in [0.25, 0.3) is 0 Å². The molecule has 0 saturated carbocycles. The number of nitrogens with zero attached hydrogens (tertiary/aromatic N) is 1. The van der Waals surface area contributed by atoms with Crippen LogP contribution in [-0.4, -0.2) is 18.0 Å². The van der Waals surface area contributed by atoms with E-state index < -0.39 is 0 Å². The molecule has 0 aliphatic heterocycles. The van der Waals surface area contributed by atoms with Crippen LogP contribution in [0.5, 0.6) is 0 Å². The summed E-state index contributed by atoms with van der Waals surface area (Å²) in [5.41, 5.74) is 8.53. The van der Waals surface area contributed by atoms with Crippen molar-refractivity contribution in [3.05, 3.63) is 69.7 Å². The van der Waals surface area contributed by atoms with Gasteiger partial charge < -0.3 is 5.73 Å². The van der Waals surface area contributed by atoms with E-state index in [1.54, 1.807) is 0 Å². The number of likely N-dealkylation sites (N-methyl/N-ethyl adjacent to an activating group) is 1. The maximum atomic E-state index is 6.19. The van der Waals surface area contributed by atoms with Gasteiger partial charge in [-0.05, 0) is 49.4 Å². The molecule has 2 rings (SSSR count). The zero-order valence-corrected chi connectivity index (χ0v) is 13.8. The van der Waals surface area contributed by atoms with E-state index in [2.05, 4.69) is 18.0 Å². The third-order valence-corrected chi connectivity index (χ3v) is 4.00. The Kier molecular flexibility index (Phi) is 5.65. The molecule has 2 unspecified atom stereocenters. The van der Waals surface area contributed by atoms with Crippen LogP contribution in [0.2, 0.25) is 10.0 Å². The van der Waals surface area contributed by atoms with Gasteiger partial charge >= 0.3 is 0 Å². The lowest BCUT2D eigenvalue weighted by atomic mass is 9.99. The van der Waals surface area contributed by atoms with E-state index in [1.807, 2.05) is 49.4 Å². The maximum absolute atomic E-state index is 6.19. The number of nitrogens with two attached hydrogens (primary N) is 1. The molecule has 0 radical (unpaired) electrons. The number of benzene rings is 2. The lowest BCUT2D eigenvalue weighted by Gasteiger charge is -2.31. The summed E-state index contributed by atoms with van der Waals surface area (Å²) in [4.78, 5) is 2.24. The summed E-state index contributed by atoms with van der Waals surface area (Å²) in [7, 11) is 2.07. The average molecular weight is 323 g/mol. The lowest BCUT2D eigenvalue weighted by molar-refractivity contribution is 0.211. The fraction of sp³-hybridized carbons (Fsp3) is 0.294. The summed E-state index contributed by atoms with van der Waals surface area (Å²) in [6.45, 7) is 2.82. The van der Waals surface area contributed by atoms with Gasteiger partial charge in [-0.25, -0.2) is 0 Å². The van der Waals surface area contributed by atoms with E-state index >= 15 is 0 Å². The topological polar surface area (TPSA) is 29.3 Å². The highest BCUT2D eigenvalue weighted by Crippen LogP contribution is 2.26. The van der Waals surface area contributed by atoms with Crippen LogP contribution in [0.15, 0.2) is 48.5 Å². The van der Waals surface area contributed by atoms with Crippen LogP contribution in [0.1, 0.15) is 24.1 Å². The molecule has 2 N–H and O–H groups in total. The molecule has 2 atom stereocenters. The largest absolute Gasteiger partial charge is 0.326 e. The Morgan fingerprint density at radius 1 is 1.05 bits per heavy atom. The lowest BCUT2D eigenvalue weighted by Crippen LogP contribution is -2.36. The van der Waals surface area contributed by atoms with Crippen LogP contribution < -0.4 is 5.73 Å². The fourth-order valence-corrected chi connectivity index (χ4v) is 2.95. The van der Waals surface area contributed by atoms with Gasteiger partial charge in [-0.15, -0.1) is 0 Å². The molecule has 0 aliphatic rings. The fourth-order valence-electron chi connectivity index (χ4n) is 2.63. The Morgan fingerprint density at radius 2 is 1.71 bits per heavy atom. The molecule has 0 fully saturated rings. The molecule has 2 aromatic carbocycles. The smallest absolute Gasteiger partial charge is 0.0497 e. The second-order valence-electron chi connectivity index (χ2n) is 5.40. The predicted octanol–water partition coefficient (Wildman–Crippen LogP) is 4.51. The van der Waals surface area contributed by atoms with Crippen molar-refractivity contribution in [2.24, 2.45) is 5.73 Å². The second-order valence-corrected chi connectivity index (χ2v) is 6.27. The van der Waals surface area contributed by atoms with Crippen molar-refractivity contribution in [3.63, 3.8) is 0 Å². The molecule has 112 valence electrons. The van der Waals surface area contributed by atoms with Crippen molar-refractivity contribution >= 4 is 23.2 Å². The number of hydrogen-bond donors (Lipinski definition) is 1. The van der Waals surface area contributed by atoms with Crippen LogP contribution in [-0.2, 0) is 6.54 Å². The summed E-state index contributed by atoms with van der Waals surface area (Å²) in [5, 5.41) is 1.48. The maximum Gasteiger partial charge on any atom is 0.0497 e. The Hall–Kier alpha value is -1.06. The van der Waals surface area contributed by atoms with Gasteiger partial charge in [-0.1, -0.05) is 47.5 Å². The SMILES string of the molecule is CC(N)C(c1cccc(Cl)c1)N(C)Cc1ccc(Cl)cc1.